The first-order valence-electron chi connectivity index (χ1n) is 15.0. The highest BCUT2D eigenvalue weighted by molar-refractivity contribution is 5.95. The number of aromatic nitrogens is 4. The number of halogens is 6. The van der Waals surface area contributed by atoms with Gasteiger partial charge in [0.15, 0.2) is 0 Å². The van der Waals surface area contributed by atoms with Gasteiger partial charge in [-0.1, -0.05) is 0 Å². The number of benzene rings is 1. The van der Waals surface area contributed by atoms with Crippen LogP contribution >= 0.6 is 0 Å². The van der Waals surface area contributed by atoms with Crippen molar-refractivity contribution in [2.75, 3.05) is 69.4 Å². The maximum Gasteiger partial charge on any atom is 0.418 e. The lowest BCUT2D eigenvalue weighted by atomic mass is 9.98. The van der Waals surface area contributed by atoms with Gasteiger partial charge in [0.25, 0.3) is 5.92 Å². The lowest BCUT2D eigenvalue weighted by Crippen LogP contribution is -2.49. The number of likely N-dealkylation sites (N-methyl/N-ethyl adjacent to an activating group) is 1. The molecule has 1 aromatic carbocycles. The van der Waals surface area contributed by atoms with Gasteiger partial charge < -0.3 is 19.4 Å². The number of nitrogens with zero attached hydrogens (tertiary/aromatic N) is 7. The maximum absolute atomic E-state index is 14.4. The Kier molecular flexibility index (Phi) is 8.50. The van der Waals surface area contributed by atoms with E-state index in [1.165, 1.54) is 30.2 Å². The van der Waals surface area contributed by atoms with E-state index in [1.807, 2.05) is 4.90 Å². The Labute approximate surface area is 261 Å². The quantitative estimate of drug-likeness (QED) is 0.301. The Hall–Kier alpha value is -4.08. The van der Waals surface area contributed by atoms with Gasteiger partial charge in [-0.3, -0.25) is 14.8 Å². The number of alkyl halides is 6. The second-order valence-electron chi connectivity index (χ2n) is 12.0. The average molecular weight is 653 g/mol. The molecule has 3 aliphatic rings. The molecular formula is C30H34F6N8O2. The number of amides is 1. The summed E-state index contributed by atoms with van der Waals surface area (Å²) in [4.78, 5) is 28.4. The number of H-pyrrole nitrogens is 1. The van der Waals surface area contributed by atoms with Crippen molar-refractivity contribution in [1.82, 2.24) is 30.0 Å². The fourth-order valence-electron chi connectivity index (χ4n) is 6.60. The molecule has 1 atom stereocenters. The SMILES string of the molecule is Cc1cc2[nH]ncc2c(N2CCc3c(nc(OC[C@@H]4CC(F)(F)CN4C)nc3N3CCN(C(=O)/C=C/CF)CC3)C2)c1C(F)(F)F. The molecular weight excluding hydrogens is 618 g/mol. The summed E-state index contributed by atoms with van der Waals surface area (Å²) in [5, 5.41) is 7.09. The van der Waals surface area contributed by atoms with E-state index in [2.05, 4.69) is 20.2 Å². The van der Waals surface area contributed by atoms with E-state index in [0.29, 0.717) is 55.0 Å². The number of aryl methyl sites for hydroxylation is 1. The van der Waals surface area contributed by atoms with Crippen molar-refractivity contribution in [2.45, 2.75) is 44.5 Å². The molecule has 1 N–H and O–H groups in total. The van der Waals surface area contributed by atoms with Crippen molar-refractivity contribution >= 4 is 28.3 Å². The maximum atomic E-state index is 14.4. The van der Waals surface area contributed by atoms with Gasteiger partial charge in [-0.2, -0.15) is 28.2 Å². The van der Waals surface area contributed by atoms with Gasteiger partial charge in [-0.15, -0.1) is 0 Å². The molecule has 2 fully saturated rings. The number of piperazine rings is 1. The van der Waals surface area contributed by atoms with Crippen LogP contribution in [0, 0.1) is 6.92 Å². The van der Waals surface area contributed by atoms with E-state index >= 15 is 0 Å². The van der Waals surface area contributed by atoms with Crippen LogP contribution in [0.3, 0.4) is 0 Å². The van der Waals surface area contributed by atoms with Crippen molar-refractivity contribution in [3.63, 3.8) is 0 Å². The van der Waals surface area contributed by atoms with Gasteiger partial charge in [0, 0.05) is 62.2 Å². The van der Waals surface area contributed by atoms with E-state index in [9.17, 15) is 31.1 Å². The Bertz CT molecular complexity index is 1640. The predicted octanol–water partition coefficient (Wildman–Crippen LogP) is 4.14. The third-order valence-corrected chi connectivity index (χ3v) is 8.82. The molecule has 16 heteroatoms. The Morgan fingerprint density at radius 1 is 1.15 bits per heavy atom. The summed E-state index contributed by atoms with van der Waals surface area (Å²) in [7, 11) is 1.59. The Balaban J connectivity index is 1.33. The van der Waals surface area contributed by atoms with Crippen LogP contribution in [0.4, 0.5) is 37.8 Å². The minimum Gasteiger partial charge on any atom is -0.462 e. The van der Waals surface area contributed by atoms with Crippen LogP contribution in [0.5, 0.6) is 6.01 Å². The molecule has 46 heavy (non-hydrogen) atoms. The zero-order valence-corrected chi connectivity index (χ0v) is 25.4. The third kappa shape index (κ3) is 6.31. The van der Waals surface area contributed by atoms with Crippen molar-refractivity contribution in [2.24, 2.45) is 0 Å². The standard InChI is InChI=1S/C30H34F6N8O2/c1-18-12-22-21(14-37-40-22)26(25(18)30(34,35)36)44-7-5-20-23(15-44)38-28(46-16-19-13-29(32,33)17-41(19)2)39-27(20)43-10-8-42(9-11-43)24(45)4-3-6-31/h3-4,12,14,19H,5-11,13,15-17H2,1-2H3,(H,37,40)/b4-3+/t19-/m0/s1. The van der Waals surface area contributed by atoms with Crippen LogP contribution in [-0.4, -0.2) is 107 Å². The summed E-state index contributed by atoms with van der Waals surface area (Å²) < 4.78 is 89.8. The first-order chi connectivity index (χ1) is 21.8. The molecule has 2 saturated heterocycles. The monoisotopic (exact) mass is 652 g/mol. The summed E-state index contributed by atoms with van der Waals surface area (Å²) >= 11 is 0. The molecule has 3 aromatic rings. The van der Waals surface area contributed by atoms with Crippen molar-refractivity contribution in [3.05, 3.63) is 46.8 Å². The summed E-state index contributed by atoms with van der Waals surface area (Å²) in [6.07, 6.45) is -0.946. The number of anilines is 2. The number of fused-ring (bicyclic) bond motifs is 2. The lowest BCUT2D eigenvalue weighted by Gasteiger charge is -2.38. The highest BCUT2D eigenvalue weighted by Gasteiger charge is 2.44. The van der Waals surface area contributed by atoms with Gasteiger partial charge in [0.1, 0.15) is 19.1 Å². The molecule has 248 valence electrons. The van der Waals surface area contributed by atoms with Crippen LogP contribution in [0.2, 0.25) is 0 Å². The van der Waals surface area contributed by atoms with Crippen molar-refractivity contribution in [3.8, 4) is 6.01 Å². The molecule has 3 aliphatic heterocycles. The second kappa shape index (κ2) is 12.3. The third-order valence-electron chi connectivity index (χ3n) is 8.82. The van der Waals surface area contributed by atoms with Crippen LogP contribution < -0.4 is 14.5 Å². The van der Waals surface area contributed by atoms with Gasteiger partial charge in [0.2, 0.25) is 5.91 Å². The zero-order chi connectivity index (χ0) is 32.8. The largest absolute Gasteiger partial charge is 0.462 e. The van der Waals surface area contributed by atoms with Crippen LogP contribution in [-0.2, 0) is 23.9 Å². The molecule has 0 spiro atoms. The average Bonchev–Trinajstić information content (AvgIpc) is 3.58. The van der Waals surface area contributed by atoms with E-state index in [4.69, 9.17) is 4.74 Å². The van der Waals surface area contributed by atoms with Gasteiger partial charge in [0.05, 0.1) is 41.7 Å². The molecule has 0 aliphatic carbocycles. The van der Waals surface area contributed by atoms with E-state index < -0.39 is 36.9 Å². The molecule has 0 bridgehead atoms. The van der Waals surface area contributed by atoms with Crippen molar-refractivity contribution < 1.29 is 35.9 Å². The van der Waals surface area contributed by atoms with Gasteiger partial charge in [-0.25, -0.2) is 13.2 Å². The number of carbonyl (C=O) groups excluding carboxylic acids is 1. The number of nitrogens with one attached hydrogen (secondary N) is 1. The Morgan fingerprint density at radius 2 is 1.91 bits per heavy atom. The summed E-state index contributed by atoms with van der Waals surface area (Å²) in [5.74, 6) is -2.61. The van der Waals surface area contributed by atoms with Crippen LogP contribution in [0.1, 0.15) is 28.8 Å². The van der Waals surface area contributed by atoms with Crippen molar-refractivity contribution in [1.29, 1.82) is 0 Å². The smallest absolute Gasteiger partial charge is 0.418 e. The number of ether oxygens (including phenoxy) is 1. The second-order valence-corrected chi connectivity index (χ2v) is 12.0. The highest BCUT2D eigenvalue weighted by Crippen LogP contribution is 2.44. The summed E-state index contributed by atoms with van der Waals surface area (Å²) in [6, 6.07) is 0.801. The number of hydrogen-bond acceptors (Lipinski definition) is 8. The Morgan fingerprint density at radius 3 is 2.59 bits per heavy atom. The fourth-order valence-corrected chi connectivity index (χ4v) is 6.60. The molecule has 5 heterocycles. The molecule has 0 saturated carbocycles. The topological polar surface area (TPSA) is 93.7 Å². The van der Waals surface area contributed by atoms with Gasteiger partial charge in [-0.05, 0) is 38.1 Å². The molecule has 10 nitrogen and oxygen atoms in total. The number of hydrogen-bond donors (Lipinski definition) is 1. The minimum atomic E-state index is -4.62. The number of rotatable bonds is 7. The molecule has 0 unspecified atom stereocenters. The number of aromatic amines is 1. The zero-order valence-electron chi connectivity index (χ0n) is 25.4. The fraction of sp³-hybridized carbons (Fsp3) is 0.533. The first-order valence-corrected chi connectivity index (χ1v) is 15.0. The molecule has 2 aromatic heterocycles. The number of likely N-dealkylation sites (tertiary alicyclic amines) is 1. The summed E-state index contributed by atoms with van der Waals surface area (Å²) in [5.41, 5.74) is 1.01. The highest BCUT2D eigenvalue weighted by atomic mass is 19.4. The normalized spacial score (nSPS) is 20.6. The van der Waals surface area contributed by atoms with Crippen LogP contribution in [0.15, 0.2) is 24.4 Å². The first kappa shape index (κ1) is 31.9. The minimum absolute atomic E-state index is 0.00723. The van der Waals surface area contributed by atoms with E-state index in [-0.39, 0.29) is 49.3 Å². The van der Waals surface area contributed by atoms with E-state index in [1.54, 1.807) is 16.8 Å². The molecule has 0 radical (unpaired) electrons. The van der Waals surface area contributed by atoms with Gasteiger partial charge >= 0.3 is 12.2 Å². The lowest BCUT2D eigenvalue weighted by molar-refractivity contribution is -0.137. The van der Waals surface area contributed by atoms with Crippen LogP contribution in [0.25, 0.3) is 10.9 Å². The molecule has 6 rings (SSSR count). The molecule has 1 amide bonds. The number of allylic oxidation sites excluding steroid dienone is 1. The predicted molar refractivity (Wildman–Crippen MR) is 158 cm³/mol. The summed E-state index contributed by atoms with van der Waals surface area (Å²) in [6.45, 7) is 1.91. The van der Waals surface area contributed by atoms with E-state index in [0.717, 1.165) is 11.6 Å². The number of carbonyl (C=O) groups is 1.